The molecule has 0 aliphatic carbocycles. The summed E-state index contributed by atoms with van der Waals surface area (Å²) in [6.07, 6.45) is 3.04. The molecule has 0 bridgehead atoms. The first kappa shape index (κ1) is 16.4. The van der Waals surface area contributed by atoms with Crippen molar-refractivity contribution in [3.8, 4) is 0 Å². The molecule has 0 aliphatic heterocycles. The van der Waals surface area contributed by atoms with Crippen LogP contribution in [0, 0.1) is 11.8 Å². The van der Waals surface area contributed by atoms with Crippen LogP contribution in [0.4, 0.5) is 0 Å². The summed E-state index contributed by atoms with van der Waals surface area (Å²) in [6, 6.07) is 0. The molecule has 0 saturated heterocycles. The minimum Gasteiger partial charge on any atom is -0.479 e. The SMILES string of the molecule is CCC(C)CC(CC)(OCCC(C)C)C(=O)O. The molecule has 102 valence electrons. The largest absolute Gasteiger partial charge is 0.479 e. The van der Waals surface area contributed by atoms with Crippen LogP contribution >= 0.6 is 0 Å². The van der Waals surface area contributed by atoms with Crippen LogP contribution in [0.5, 0.6) is 0 Å². The van der Waals surface area contributed by atoms with E-state index < -0.39 is 11.6 Å². The molecule has 3 nitrogen and oxygen atoms in total. The Kier molecular flexibility index (Phi) is 7.44. The minimum atomic E-state index is -0.982. The summed E-state index contributed by atoms with van der Waals surface area (Å²) in [6.45, 7) is 10.8. The summed E-state index contributed by atoms with van der Waals surface area (Å²) < 4.78 is 5.72. The minimum absolute atomic E-state index is 0.380. The van der Waals surface area contributed by atoms with Gasteiger partial charge in [-0.3, -0.25) is 0 Å². The van der Waals surface area contributed by atoms with Gasteiger partial charge in [-0.2, -0.15) is 0 Å². The highest BCUT2D eigenvalue weighted by Crippen LogP contribution is 2.27. The summed E-state index contributed by atoms with van der Waals surface area (Å²) in [7, 11) is 0. The summed E-state index contributed by atoms with van der Waals surface area (Å²) in [5.74, 6) is 0.108. The Hall–Kier alpha value is -0.570. The molecular formula is C14H28O3. The topological polar surface area (TPSA) is 46.5 Å². The van der Waals surface area contributed by atoms with Crippen molar-refractivity contribution in [2.24, 2.45) is 11.8 Å². The lowest BCUT2D eigenvalue weighted by molar-refractivity contribution is -0.170. The molecule has 0 fully saturated rings. The Balaban J connectivity index is 4.53. The number of rotatable bonds is 9. The maximum Gasteiger partial charge on any atom is 0.335 e. The molecule has 0 aromatic carbocycles. The van der Waals surface area contributed by atoms with Crippen molar-refractivity contribution in [3.63, 3.8) is 0 Å². The molecule has 0 heterocycles. The van der Waals surface area contributed by atoms with Gasteiger partial charge in [0.25, 0.3) is 0 Å². The third-order valence-electron chi connectivity index (χ3n) is 3.41. The molecule has 0 amide bonds. The molecule has 0 aromatic rings. The van der Waals surface area contributed by atoms with Gasteiger partial charge in [0.15, 0.2) is 5.60 Å². The number of carbonyl (C=O) groups is 1. The van der Waals surface area contributed by atoms with E-state index in [1.165, 1.54) is 0 Å². The van der Waals surface area contributed by atoms with Crippen LogP contribution in [-0.4, -0.2) is 23.3 Å². The maximum absolute atomic E-state index is 11.5. The predicted molar refractivity (Wildman–Crippen MR) is 70.1 cm³/mol. The standard InChI is InChI=1S/C14H28O3/c1-6-12(5)10-14(7-2,13(15)16)17-9-8-11(3)4/h11-12H,6-10H2,1-5H3,(H,15,16). The molecule has 2 unspecified atom stereocenters. The zero-order valence-corrected chi connectivity index (χ0v) is 12.0. The van der Waals surface area contributed by atoms with Gasteiger partial charge in [-0.1, -0.05) is 41.0 Å². The molecule has 17 heavy (non-hydrogen) atoms. The summed E-state index contributed by atoms with van der Waals surface area (Å²) in [5, 5.41) is 9.41. The van der Waals surface area contributed by atoms with Gasteiger partial charge in [0, 0.05) is 6.61 Å². The smallest absolute Gasteiger partial charge is 0.335 e. The van der Waals surface area contributed by atoms with E-state index in [1.54, 1.807) is 0 Å². The van der Waals surface area contributed by atoms with Crippen molar-refractivity contribution in [1.29, 1.82) is 0 Å². The first-order valence-electron chi connectivity index (χ1n) is 6.75. The van der Waals surface area contributed by atoms with Crippen LogP contribution in [0.3, 0.4) is 0 Å². The van der Waals surface area contributed by atoms with E-state index in [0.717, 1.165) is 12.8 Å². The number of hydrogen-bond acceptors (Lipinski definition) is 2. The normalized spacial score (nSPS) is 16.8. The van der Waals surface area contributed by atoms with Gasteiger partial charge in [0.05, 0.1) is 0 Å². The average Bonchev–Trinajstić information content (AvgIpc) is 2.26. The van der Waals surface area contributed by atoms with Gasteiger partial charge in [-0.25, -0.2) is 4.79 Å². The second-order valence-electron chi connectivity index (χ2n) is 5.40. The zero-order valence-electron chi connectivity index (χ0n) is 12.0. The third kappa shape index (κ3) is 5.53. The fraction of sp³-hybridized carbons (Fsp3) is 0.929. The number of carboxylic acids is 1. The van der Waals surface area contributed by atoms with E-state index in [1.807, 2.05) is 6.92 Å². The molecule has 0 saturated carbocycles. The van der Waals surface area contributed by atoms with E-state index in [0.29, 0.717) is 31.3 Å². The molecule has 0 rings (SSSR count). The Bertz CT molecular complexity index is 226. The lowest BCUT2D eigenvalue weighted by Gasteiger charge is -2.31. The van der Waals surface area contributed by atoms with Crippen LogP contribution in [0.15, 0.2) is 0 Å². The zero-order chi connectivity index (χ0) is 13.5. The van der Waals surface area contributed by atoms with Crippen molar-refractivity contribution in [3.05, 3.63) is 0 Å². The van der Waals surface area contributed by atoms with Crippen molar-refractivity contribution < 1.29 is 14.6 Å². The van der Waals surface area contributed by atoms with Gasteiger partial charge < -0.3 is 9.84 Å². The van der Waals surface area contributed by atoms with Crippen LogP contribution < -0.4 is 0 Å². The maximum atomic E-state index is 11.5. The van der Waals surface area contributed by atoms with Gasteiger partial charge in [0.2, 0.25) is 0 Å². The Morgan fingerprint density at radius 3 is 2.24 bits per heavy atom. The van der Waals surface area contributed by atoms with Crippen molar-refractivity contribution >= 4 is 5.97 Å². The fourth-order valence-electron chi connectivity index (χ4n) is 1.80. The fourth-order valence-corrected chi connectivity index (χ4v) is 1.80. The number of hydrogen-bond donors (Lipinski definition) is 1. The number of ether oxygens (including phenoxy) is 1. The van der Waals surface area contributed by atoms with Gasteiger partial charge in [0.1, 0.15) is 0 Å². The van der Waals surface area contributed by atoms with Crippen LogP contribution in [0.25, 0.3) is 0 Å². The molecule has 1 N–H and O–H groups in total. The average molecular weight is 244 g/mol. The van der Waals surface area contributed by atoms with Crippen LogP contribution in [0.2, 0.25) is 0 Å². The first-order chi connectivity index (χ1) is 7.88. The van der Waals surface area contributed by atoms with E-state index in [2.05, 4.69) is 27.7 Å². The Morgan fingerprint density at radius 1 is 1.29 bits per heavy atom. The monoisotopic (exact) mass is 244 g/mol. The van der Waals surface area contributed by atoms with E-state index in [9.17, 15) is 9.90 Å². The molecule has 0 aliphatic rings. The van der Waals surface area contributed by atoms with Gasteiger partial charge in [-0.05, 0) is 31.1 Å². The highest BCUT2D eigenvalue weighted by molar-refractivity contribution is 5.77. The molecule has 2 atom stereocenters. The van der Waals surface area contributed by atoms with E-state index >= 15 is 0 Å². The summed E-state index contributed by atoms with van der Waals surface area (Å²) in [4.78, 5) is 11.5. The van der Waals surface area contributed by atoms with Gasteiger partial charge >= 0.3 is 5.97 Å². The summed E-state index contributed by atoms with van der Waals surface area (Å²) >= 11 is 0. The second-order valence-corrected chi connectivity index (χ2v) is 5.40. The molecule has 3 heteroatoms. The van der Waals surface area contributed by atoms with Crippen LogP contribution in [-0.2, 0) is 9.53 Å². The predicted octanol–water partition coefficient (Wildman–Crippen LogP) is 3.72. The highest BCUT2D eigenvalue weighted by atomic mass is 16.5. The van der Waals surface area contributed by atoms with Crippen molar-refractivity contribution in [1.82, 2.24) is 0 Å². The highest BCUT2D eigenvalue weighted by Gasteiger charge is 2.38. The molecule has 0 aromatic heterocycles. The lowest BCUT2D eigenvalue weighted by atomic mass is 9.87. The Labute approximate surface area is 106 Å². The first-order valence-corrected chi connectivity index (χ1v) is 6.75. The van der Waals surface area contributed by atoms with Crippen LogP contribution in [0.1, 0.15) is 60.3 Å². The molecule has 0 spiro atoms. The number of carboxylic acid groups (broad SMARTS) is 1. The summed E-state index contributed by atoms with van der Waals surface area (Å²) in [5.41, 5.74) is -0.982. The number of aliphatic carboxylic acids is 1. The Morgan fingerprint density at radius 2 is 1.88 bits per heavy atom. The molecular weight excluding hydrogens is 216 g/mol. The van der Waals surface area contributed by atoms with Gasteiger partial charge in [-0.15, -0.1) is 0 Å². The van der Waals surface area contributed by atoms with Crippen molar-refractivity contribution in [2.45, 2.75) is 65.9 Å². The quantitative estimate of drug-likeness (QED) is 0.672. The van der Waals surface area contributed by atoms with E-state index in [4.69, 9.17) is 4.74 Å². The lowest BCUT2D eigenvalue weighted by Crippen LogP contribution is -2.43. The molecule has 0 radical (unpaired) electrons. The van der Waals surface area contributed by atoms with Crippen molar-refractivity contribution in [2.75, 3.05) is 6.61 Å². The third-order valence-corrected chi connectivity index (χ3v) is 3.41. The second kappa shape index (κ2) is 7.70. The van der Waals surface area contributed by atoms with E-state index in [-0.39, 0.29) is 0 Å².